The Morgan fingerprint density at radius 1 is 1.36 bits per heavy atom. The van der Waals surface area contributed by atoms with Crippen LogP contribution in [-0.4, -0.2) is 36.5 Å². The first kappa shape index (κ1) is 20.1. The van der Waals surface area contributed by atoms with Gasteiger partial charge in [-0.15, -0.1) is 0 Å². The molecule has 0 spiro atoms. The molecule has 148 valence electrons. The van der Waals surface area contributed by atoms with E-state index in [0.717, 1.165) is 25.2 Å². The molecule has 0 bridgehead atoms. The van der Waals surface area contributed by atoms with Crippen molar-refractivity contribution < 1.29 is 18.7 Å². The summed E-state index contributed by atoms with van der Waals surface area (Å²) in [7, 11) is 0. The first-order valence-corrected chi connectivity index (χ1v) is 9.59. The summed E-state index contributed by atoms with van der Waals surface area (Å²) in [5, 5.41) is 2.69. The van der Waals surface area contributed by atoms with Gasteiger partial charge >= 0.3 is 0 Å². The molecule has 1 atom stereocenters. The van der Waals surface area contributed by atoms with Gasteiger partial charge in [0.25, 0.3) is 5.91 Å². The van der Waals surface area contributed by atoms with Crippen LogP contribution in [0.25, 0.3) is 0 Å². The summed E-state index contributed by atoms with van der Waals surface area (Å²) in [5.41, 5.74) is 5.93. The lowest BCUT2D eigenvalue weighted by atomic mass is 9.97. The number of rotatable bonds is 6. The van der Waals surface area contributed by atoms with Gasteiger partial charge in [-0.2, -0.15) is 0 Å². The summed E-state index contributed by atoms with van der Waals surface area (Å²) in [6, 6.07) is 7.49. The van der Waals surface area contributed by atoms with E-state index in [9.17, 15) is 14.0 Å². The van der Waals surface area contributed by atoms with Gasteiger partial charge in [0.05, 0.1) is 22.3 Å². The SMILES string of the molecule is NC(=O)[C@@H]1CCCN(c2ccc(NC(=O)COc3ccc(F)cc3Br)cn2)C1. The fourth-order valence-corrected chi connectivity index (χ4v) is 3.46. The first-order chi connectivity index (χ1) is 13.4. The molecule has 1 fully saturated rings. The molecule has 3 rings (SSSR count). The Morgan fingerprint density at radius 2 is 2.18 bits per heavy atom. The topological polar surface area (TPSA) is 97.6 Å². The van der Waals surface area contributed by atoms with Crippen molar-refractivity contribution in [3.05, 3.63) is 46.8 Å². The molecule has 2 amide bonds. The van der Waals surface area contributed by atoms with Crippen LogP contribution in [-0.2, 0) is 9.59 Å². The fourth-order valence-electron chi connectivity index (χ4n) is 3.00. The summed E-state index contributed by atoms with van der Waals surface area (Å²) in [4.78, 5) is 29.8. The Balaban J connectivity index is 1.53. The van der Waals surface area contributed by atoms with Crippen molar-refractivity contribution in [2.45, 2.75) is 12.8 Å². The van der Waals surface area contributed by atoms with Crippen molar-refractivity contribution >= 4 is 39.2 Å². The zero-order valence-electron chi connectivity index (χ0n) is 15.0. The van der Waals surface area contributed by atoms with E-state index in [2.05, 4.69) is 26.2 Å². The maximum atomic E-state index is 13.1. The Morgan fingerprint density at radius 3 is 2.86 bits per heavy atom. The van der Waals surface area contributed by atoms with Gasteiger partial charge in [-0.1, -0.05) is 0 Å². The van der Waals surface area contributed by atoms with E-state index in [-0.39, 0.29) is 24.3 Å². The number of pyridine rings is 1. The van der Waals surface area contributed by atoms with E-state index in [0.29, 0.717) is 22.5 Å². The van der Waals surface area contributed by atoms with E-state index in [4.69, 9.17) is 10.5 Å². The normalized spacial score (nSPS) is 16.5. The zero-order chi connectivity index (χ0) is 20.1. The van der Waals surface area contributed by atoms with Crippen LogP contribution < -0.4 is 20.7 Å². The number of ether oxygens (including phenoxy) is 1. The third kappa shape index (κ3) is 5.19. The van der Waals surface area contributed by atoms with Gasteiger partial charge in [-0.3, -0.25) is 9.59 Å². The highest BCUT2D eigenvalue weighted by Crippen LogP contribution is 2.25. The van der Waals surface area contributed by atoms with Crippen LogP contribution in [0.5, 0.6) is 5.75 Å². The smallest absolute Gasteiger partial charge is 0.262 e. The summed E-state index contributed by atoms with van der Waals surface area (Å²) in [5.74, 6) is -0.114. The highest BCUT2D eigenvalue weighted by Gasteiger charge is 2.24. The van der Waals surface area contributed by atoms with Crippen LogP contribution in [0.2, 0.25) is 0 Å². The maximum absolute atomic E-state index is 13.1. The van der Waals surface area contributed by atoms with Gasteiger partial charge in [0.1, 0.15) is 17.4 Å². The molecule has 1 aromatic heterocycles. The number of nitrogens with two attached hydrogens (primary N) is 1. The molecule has 3 N–H and O–H groups in total. The van der Waals surface area contributed by atoms with Crippen molar-refractivity contribution in [2.24, 2.45) is 11.7 Å². The Hall–Kier alpha value is -2.68. The molecule has 9 heteroatoms. The number of piperidine rings is 1. The number of halogens is 2. The van der Waals surface area contributed by atoms with Gasteiger partial charge in [0.2, 0.25) is 5.91 Å². The molecule has 2 heterocycles. The number of nitrogens with one attached hydrogen (secondary N) is 1. The highest BCUT2D eigenvalue weighted by atomic mass is 79.9. The number of amides is 2. The summed E-state index contributed by atoms with van der Waals surface area (Å²) in [6.07, 6.45) is 3.23. The lowest BCUT2D eigenvalue weighted by molar-refractivity contribution is -0.122. The number of nitrogens with zero attached hydrogens (tertiary/aromatic N) is 2. The average Bonchev–Trinajstić information content (AvgIpc) is 2.68. The second-order valence-electron chi connectivity index (χ2n) is 6.50. The predicted octanol–water partition coefficient (Wildman–Crippen LogP) is 2.70. The lowest BCUT2D eigenvalue weighted by Crippen LogP contribution is -2.41. The Kier molecular flexibility index (Phi) is 6.45. The lowest BCUT2D eigenvalue weighted by Gasteiger charge is -2.32. The Labute approximate surface area is 170 Å². The molecule has 28 heavy (non-hydrogen) atoms. The fraction of sp³-hybridized carbons (Fsp3) is 0.316. The van der Waals surface area contributed by atoms with Crippen LogP contribution in [0.3, 0.4) is 0 Å². The molecular weight excluding hydrogens is 431 g/mol. The molecule has 0 unspecified atom stereocenters. The number of benzene rings is 1. The highest BCUT2D eigenvalue weighted by molar-refractivity contribution is 9.10. The van der Waals surface area contributed by atoms with E-state index in [1.165, 1.54) is 18.2 Å². The zero-order valence-corrected chi connectivity index (χ0v) is 16.6. The molecule has 0 saturated carbocycles. The second kappa shape index (κ2) is 9.01. The molecule has 1 saturated heterocycles. The maximum Gasteiger partial charge on any atom is 0.262 e. The minimum absolute atomic E-state index is 0.169. The van der Waals surface area contributed by atoms with Crippen molar-refractivity contribution in [2.75, 3.05) is 29.9 Å². The van der Waals surface area contributed by atoms with Crippen molar-refractivity contribution in [1.82, 2.24) is 4.98 Å². The van der Waals surface area contributed by atoms with E-state index >= 15 is 0 Å². The number of hydrogen-bond donors (Lipinski definition) is 2. The number of hydrogen-bond acceptors (Lipinski definition) is 5. The molecule has 0 aliphatic carbocycles. The van der Waals surface area contributed by atoms with Gasteiger partial charge < -0.3 is 20.7 Å². The standard InChI is InChI=1S/C19H20BrFN4O3/c20-15-8-13(21)3-5-16(15)28-11-18(26)24-14-4-6-17(23-9-14)25-7-1-2-12(10-25)19(22)27/h3-6,8-9,12H,1-2,7,10-11H2,(H2,22,27)(H,24,26)/t12-/m1/s1. The van der Waals surface area contributed by atoms with Crippen LogP contribution in [0.1, 0.15) is 12.8 Å². The molecule has 1 aliphatic heterocycles. The second-order valence-corrected chi connectivity index (χ2v) is 7.36. The third-order valence-electron chi connectivity index (χ3n) is 4.43. The largest absolute Gasteiger partial charge is 0.483 e. The van der Waals surface area contributed by atoms with Crippen molar-refractivity contribution in [1.29, 1.82) is 0 Å². The van der Waals surface area contributed by atoms with Crippen LogP contribution >= 0.6 is 15.9 Å². The van der Waals surface area contributed by atoms with E-state index in [1.54, 1.807) is 18.3 Å². The molecule has 1 aliphatic rings. The van der Waals surface area contributed by atoms with Crippen LogP contribution in [0.4, 0.5) is 15.9 Å². The predicted molar refractivity (Wildman–Crippen MR) is 107 cm³/mol. The summed E-state index contributed by atoms with van der Waals surface area (Å²) >= 11 is 3.18. The first-order valence-electron chi connectivity index (χ1n) is 8.80. The number of carbonyl (C=O) groups excluding carboxylic acids is 2. The summed E-state index contributed by atoms with van der Waals surface area (Å²) < 4.78 is 18.9. The number of aromatic nitrogens is 1. The van der Waals surface area contributed by atoms with Crippen LogP contribution in [0, 0.1) is 11.7 Å². The molecule has 2 aromatic rings. The minimum atomic E-state index is -0.398. The third-order valence-corrected chi connectivity index (χ3v) is 5.05. The molecule has 1 aromatic carbocycles. The average molecular weight is 451 g/mol. The number of carbonyl (C=O) groups is 2. The molecule has 0 radical (unpaired) electrons. The number of anilines is 2. The van der Waals surface area contributed by atoms with Crippen LogP contribution in [0.15, 0.2) is 41.0 Å². The van der Waals surface area contributed by atoms with Crippen molar-refractivity contribution in [3.63, 3.8) is 0 Å². The van der Waals surface area contributed by atoms with E-state index < -0.39 is 5.82 Å². The summed E-state index contributed by atoms with van der Waals surface area (Å²) in [6.45, 7) is 1.13. The van der Waals surface area contributed by atoms with E-state index in [1.807, 2.05) is 4.90 Å². The number of primary amides is 1. The monoisotopic (exact) mass is 450 g/mol. The van der Waals surface area contributed by atoms with Crippen molar-refractivity contribution in [3.8, 4) is 5.75 Å². The Bertz CT molecular complexity index is 863. The van der Waals surface area contributed by atoms with Gasteiger partial charge in [-0.25, -0.2) is 9.37 Å². The van der Waals surface area contributed by atoms with Gasteiger partial charge in [-0.05, 0) is 59.1 Å². The molecule has 7 nitrogen and oxygen atoms in total. The van der Waals surface area contributed by atoms with Gasteiger partial charge in [0, 0.05) is 13.1 Å². The van der Waals surface area contributed by atoms with Gasteiger partial charge in [0.15, 0.2) is 6.61 Å². The molecular formula is C19H20BrFN4O3. The quantitative estimate of drug-likeness (QED) is 0.704. The minimum Gasteiger partial charge on any atom is -0.483 e.